The molecule has 1 fully saturated rings. The van der Waals surface area contributed by atoms with Crippen molar-refractivity contribution in [2.45, 2.75) is 37.5 Å². The van der Waals surface area contributed by atoms with Crippen molar-refractivity contribution in [1.82, 2.24) is 9.80 Å². The normalized spacial score (nSPS) is 27.7. The van der Waals surface area contributed by atoms with Crippen molar-refractivity contribution in [3.05, 3.63) is 11.5 Å². The van der Waals surface area contributed by atoms with Gasteiger partial charge < -0.3 is 4.90 Å². The number of carbonyl (C=O) groups is 2. The summed E-state index contributed by atoms with van der Waals surface area (Å²) < 4.78 is 0. The highest BCUT2D eigenvalue weighted by Crippen LogP contribution is 2.37. The molecule has 0 aliphatic carbocycles. The van der Waals surface area contributed by atoms with Gasteiger partial charge in [-0.15, -0.1) is 0 Å². The van der Waals surface area contributed by atoms with Gasteiger partial charge in [-0.05, 0) is 25.2 Å². The lowest BCUT2D eigenvalue weighted by atomic mass is 10.2. The molecule has 2 aliphatic heterocycles. The summed E-state index contributed by atoms with van der Waals surface area (Å²) in [6.45, 7) is 2.33. The maximum Gasteiger partial charge on any atom is 0.327 e. The van der Waals surface area contributed by atoms with Crippen LogP contribution in [0.1, 0.15) is 26.2 Å². The Hall–Kier alpha value is -0.620. The first-order valence-electron chi connectivity index (χ1n) is 6.18. The molecular formula is C12H18N2O2S2. The molecule has 0 aromatic carbocycles. The highest BCUT2D eigenvalue weighted by atomic mass is 33.1. The Morgan fingerprint density at radius 2 is 2.11 bits per heavy atom. The van der Waals surface area contributed by atoms with Crippen LogP contribution in [0.3, 0.4) is 0 Å². The molecule has 2 heterocycles. The van der Waals surface area contributed by atoms with E-state index in [0.717, 1.165) is 19.3 Å². The van der Waals surface area contributed by atoms with E-state index < -0.39 is 0 Å². The first kappa shape index (κ1) is 13.8. The summed E-state index contributed by atoms with van der Waals surface area (Å²) in [5.41, 5.74) is 0. The molecule has 3 amide bonds. The second kappa shape index (κ2) is 6.02. The molecule has 0 aromatic rings. The fraction of sp³-hybridized carbons (Fsp3) is 0.667. The Morgan fingerprint density at radius 3 is 2.67 bits per heavy atom. The molecule has 2 rings (SSSR count). The van der Waals surface area contributed by atoms with Crippen LogP contribution >= 0.6 is 21.6 Å². The first-order chi connectivity index (χ1) is 8.61. The number of unbranched alkanes of at least 4 members (excludes halogenated alkanes) is 1. The van der Waals surface area contributed by atoms with Gasteiger partial charge in [-0.3, -0.25) is 9.69 Å². The largest absolute Gasteiger partial charge is 0.327 e. The number of carbonyl (C=O) groups excluding carboxylic acids is 2. The third-order valence-electron chi connectivity index (χ3n) is 3.39. The van der Waals surface area contributed by atoms with Crippen LogP contribution in [0.15, 0.2) is 11.5 Å². The number of rotatable bonds is 5. The summed E-state index contributed by atoms with van der Waals surface area (Å²) in [5.74, 6) is -0.0619. The molecule has 100 valence electrons. The second-order valence-electron chi connectivity index (χ2n) is 4.61. The van der Waals surface area contributed by atoms with Crippen LogP contribution in [0.5, 0.6) is 0 Å². The van der Waals surface area contributed by atoms with Crippen LogP contribution < -0.4 is 0 Å². The van der Waals surface area contributed by atoms with Crippen molar-refractivity contribution in [3.8, 4) is 0 Å². The lowest BCUT2D eigenvalue weighted by Crippen LogP contribution is -2.32. The van der Waals surface area contributed by atoms with Gasteiger partial charge in [0, 0.05) is 18.8 Å². The number of hydrogen-bond donors (Lipinski definition) is 0. The average Bonchev–Trinajstić information content (AvgIpc) is 2.93. The van der Waals surface area contributed by atoms with E-state index in [1.807, 2.05) is 10.8 Å². The maximum absolute atomic E-state index is 11.8. The summed E-state index contributed by atoms with van der Waals surface area (Å²) in [7, 11) is 5.34. The molecule has 18 heavy (non-hydrogen) atoms. The molecule has 2 atom stereocenters. The number of imide groups is 1. The van der Waals surface area contributed by atoms with Crippen LogP contribution in [-0.2, 0) is 4.79 Å². The van der Waals surface area contributed by atoms with Gasteiger partial charge in [-0.25, -0.2) is 4.79 Å². The van der Waals surface area contributed by atoms with E-state index >= 15 is 0 Å². The lowest BCUT2D eigenvalue weighted by Gasteiger charge is -2.14. The van der Waals surface area contributed by atoms with Crippen LogP contribution in [-0.4, -0.2) is 46.6 Å². The maximum atomic E-state index is 11.8. The minimum atomic E-state index is -0.303. The highest BCUT2D eigenvalue weighted by molar-refractivity contribution is 8.78. The molecular weight excluding hydrogens is 268 g/mol. The Labute approximate surface area is 116 Å². The standard InChI is InChI=1S/C12H18N2O2S2/c1-9-11(15)14(12(16)13(9)2)7-4-3-5-10-6-8-17-18-10/h6,8-10H,3-5,7H2,1-2H3/t9-,10?/m0/s1. The summed E-state index contributed by atoms with van der Waals surface area (Å²) in [4.78, 5) is 26.5. The quantitative estimate of drug-likeness (QED) is 0.443. The van der Waals surface area contributed by atoms with Gasteiger partial charge in [0.1, 0.15) is 6.04 Å². The SMILES string of the molecule is C[C@H]1C(=O)N(CCCCC2C=CSS2)C(=O)N1C. The topological polar surface area (TPSA) is 40.6 Å². The zero-order valence-electron chi connectivity index (χ0n) is 10.7. The van der Waals surface area contributed by atoms with E-state index in [-0.39, 0.29) is 18.0 Å². The van der Waals surface area contributed by atoms with Gasteiger partial charge in [0.2, 0.25) is 0 Å². The van der Waals surface area contributed by atoms with Crippen molar-refractivity contribution in [1.29, 1.82) is 0 Å². The number of likely N-dealkylation sites (N-methyl/N-ethyl adjacent to an activating group) is 1. The van der Waals surface area contributed by atoms with E-state index in [0.29, 0.717) is 11.8 Å². The number of amides is 3. The zero-order chi connectivity index (χ0) is 13.1. The summed E-state index contributed by atoms with van der Waals surface area (Å²) in [5, 5.41) is 2.72. The third-order valence-corrected chi connectivity index (χ3v) is 5.81. The molecule has 0 aromatic heterocycles. The van der Waals surface area contributed by atoms with Gasteiger partial charge in [0.25, 0.3) is 5.91 Å². The van der Waals surface area contributed by atoms with Gasteiger partial charge in [-0.1, -0.05) is 34.1 Å². The molecule has 2 aliphatic rings. The van der Waals surface area contributed by atoms with Crippen molar-refractivity contribution in [2.24, 2.45) is 0 Å². The minimum Gasteiger partial charge on any atom is -0.316 e. The third kappa shape index (κ3) is 2.85. The van der Waals surface area contributed by atoms with E-state index in [2.05, 4.69) is 11.5 Å². The Balaban J connectivity index is 1.71. The van der Waals surface area contributed by atoms with Crippen molar-refractivity contribution in [2.75, 3.05) is 13.6 Å². The summed E-state index contributed by atoms with van der Waals surface area (Å²) >= 11 is 0. The van der Waals surface area contributed by atoms with E-state index in [9.17, 15) is 9.59 Å². The van der Waals surface area contributed by atoms with Crippen LogP contribution in [0.25, 0.3) is 0 Å². The smallest absolute Gasteiger partial charge is 0.316 e. The second-order valence-corrected chi connectivity index (χ2v) is 7.03. The predicted octanol–water partition coefficient (Wildman–Crippen LogP) is 2.72. The van der Waals surface area contributed by atoms with Gasteiger partial charge >= 0.3 is 6.03 Å². The summed E-state index contributed by atoms with van der Waals surface area (Å²) in [6.07, 6.45) is 5.29. The minimum absolute atomic E-state index is 0.0619. The molecule has 0 bridgehead atoms. The van der Waals surface area contributed by atoms with Crippen LogP contribution in [0, 0.1) is 0 Å². The Bertz CT molecular complexity index is 353. The van der Waals surface area contributed by atoms with Crippen LogP contribution in [0.4, 0.5) is 4.79 Å². The summed E-state index contributed by atoms with van der Waals surface area (Å²) in [6, 6.07) is -0.458. The zero-order valence-corrected chi connectivity index (χ0v) is 12.3. The average molecular weight is 286 g/mol. The Morgan fingerprint density at radius 1 is 1.33 bits per heavy atom. The van der Waals surface area contributed by atoms with Crippen LogP contribution in [0.2, 0.25) is 0 Å². The lowest BCUT2D eigenvalue weighted by molar-refractivity contribution is -0.127. The highest BCUT2D eigenvalue weighted by Gasteiger charge is 2.39. The molecule has 0 spiro atoms. The van der Waals surface area contributed by atoms with Gasteiger partial charge in [-0.2, -0.15) is 0 Å². The van der Waals surface area contributed by atoms with Crippen molar-refractivity contribution in [3.63, 3.8) is 0 Å². The molecule has 1 saturated heterocycles. The molecule has 4 nitrogen and oxygen atoms in total. The molecule has 0 saturated carbocycles. The van der Waals surface area contributed by atoms with E-state index in [1.54, 1.807) is 24.8 Å². The number of urea groups is 1. The van der Waals surface area contributed by atoms with E-state index in [4.69, 9.17) is 0 Å². The van der Waals surface area contributed by atoms with Gasteiger partial charge in [0.15, 0.2) is 0 Å². The monoisotopic (exact) mass is 286 g/mol. The van der Waals surface area contributed by atoms with E-state index in [1.165, 1.54) is 9.80 Å². The fourth-order valence-electron chi connectivity index (χ4n) is 2.06. The molecule has 0 N–H and O–H groups in total. The fourth-order valence-corrected chi connectivity index (χ4v) is 4.32. The van der Waals surface area contributed by atoms with Crippen molar-refractivity contribution < 1.29 is 9.59 Å². The number of hydrogen-bond acceptors (Lipinski definition) is 4. The van der Waals surface area contributed by atoms with Crippen molar-refractivity contribution >= 4 is 33.5 Å². The Kier molecular flexibility index (Phi) is 4.61. The van der Waals surface area contributed by atoms with Gasteiger partial charge in [0.05, 0.1) is 0 Å². The predicted molar refractivity (Wildman–Crippen MR) is 76.3 cm³/mol. The molecule has 6 heteroatoms. The molecule has 1 unspecified atom stereocenters. The molecule has 0 radical (unpaired) electrons. The first-order valence-corrected chi connectivity index (χ1v) is 8.46. The number of nitrogens with zero attached hydrogens (tertiary/aromatic N) is 2.